The number of rotatable bonds is 16. The molecule has 0 aliphatic rings. The quantitative estimate of drug-likeness (QED) is 0.237. The molecule has 1 atom stereocenters. The van der Waals surface area contributed by atoms with Gasteiger partial charge in [-0.1, -0.05) is 33.6 Å². The molecule has 0 radical (unpaired) electrons. The molecule has 0 aromatic rings. The van der Waals surface area contributed by atoms with Crippen molar-refractivity contribution in [2.75, 3.05) is 19.8 Å². The highest BCUT2D eigenvalue weighted by Crippen LogP contribution is 2.19. The van der Waals surface area contributed by atoms with Crippen molar-refractivity contribution in [3.05, 3.63) is 11.1 Å². The highest BCUT2D eigenvalue weighted by molar-refractivity contribution is 6.62. The molecule has 8 nitrogen and oxygen atoms in total. The molecule has 0 amide bonds. The van der Waals surface area contributed by atoms with Crippen LogP contribution in [0.1, 0.15) is 86.5 Å². The lowest BCUT2D eigenvalue weighted by molar-refractivity contribution is -0.136. The Morgan fingerprint density at radius 1 is 0.767 bits per heavy atom. The van der Waals surface area contributed by atoms with Crippen molar-refractivity contribution < 1.29 is 33.1 Å². The molecule has 0 heterocycles. The summed E-state index contributed by atoms with van der Waals surface area (Å²) >= 11 is 0. The molecular formula is C21H43NO7Si. The van der Waals surface area contributed by atoms with Crippen LogP contribution in [0.5, 0.6) is 0 Å². The monoisotopic (exact) mass is 449 g/mol. The second-order valence-electron chi connectivity index (χ2n) is 6.69. The highest BCUT2D eigenvalue weighted by Gasteiger charge is 2.46. The molecule has 0 aliphatic heterocycles. The van der Waals surface area contributed by atoms with Crippen LogP contribution in [-0.4, -0.2) is 56.4 Å². The van der Waals surface area contributed by atoms with Gasteiger partial charge in [0.05, 0.1) is 5.67 Å². The molecule has 0 saturated heterocycles. The van der Waals surface area contributed by atoms with Crippen molar-refractivity contribution in [3.8, 4) is 0 Å². The second-order valence-corrected chi connectivity index (χ2v) is 9.51. The van der Waals surface area contributed by atoms with Gasteiger partial charge >= 0.3 is 20.7 Å². The van der Waals surface area contributed by atoms with E-state index in [9.17, 15) is 9.59 Å². The number of nitrogens with two attached hydrogens (primary N) is 1. The van der Waals surface area contributed by atoms with E-state index in [1.165, 1.54) is 0 Å². The maximum atomic E-state index is 11.0. The summed E-state index contributed by atoms with van der Waals surface area (Å²) in [6.07, 6.45) is 4.64. The molecule has 9 heteroatoms. The van der Waals surface area contributed by atoms with Gasteiger partial charge in [-0.2, -0.15) is 0 Å². The molecule has 0 saturated carbocycles. The smallest absolute Gasteiger partial charge is 0.478 e. The lowest BCUT2D eigenvalue weighted by atomic mass is 9.98. The maximum Gasteiger partial charge on any atom is 0.518 e. The maximum absolute atomic E-state index is 11.0. The Morgan fingerprint density at radius 3 is 1.30 bits per heavy atom. The van der Waals surface area contributed by atoms with Crippen LogP contribution in [0.15, 0.2) is 11.1 Å². The van der Waals surface area contributed by atoms with E-state index in [4.69, 9.17) is 29.2 Å². The normalized spacial score (nSPS) is 13.2. The SMILES string of the molecule is CCCCC(C(=O)O)=C(CCCC)C(=O)O.CCO[Si](OCC)(OCC)C(N)CC. The van der Waals surface area contributed by atoms with Crippen molar-refractivity contribution in [1.82, 2.24) is 0 Å². The van der Waals surface area contributed by atoms with Crippen molar-refractivity contribution in [1.29, 1.82) is 0 Å². The Hall–Kier alpha value is -1.26. The first-order valence-corrected chi connectivity index (χ1v) is 12.9. The van der Waals surface area contributed by atoms with Crippen molar-refractivity contribution in [2.45, 2.75) is 92.2 Å². The van der Waals surface area contributed by atoms with Gasteiger partial charge in [-0.25, -0.2) is 9.59 Å². The second kappa shape index (κ2) is 18.5. The Labute approximate surface area is 183 Å². The number of carboxylic acids is 2. The van der Waals surface area contributed by atoms with Crippen LogP contribution < -0.4 is 5.73 Å². The minimum atomic E-state index is -2.62. The zero-order valence-corrected chi connectivity index (χ0v) is 20.7. The first-order chi connectivity index (χ1) is 14.2. The molecular weight excluding hydrogens is 406 g/mol. The van der Waals surface area contributed by atoms with E-state index >= 15 is 0 Å². The molecule has 0 aromatic heterocycles. The van der Waals surface area contributed by atoms with Crippen molar-refractivity contribution in [2.24, 2.45) is 5.73 Å². The number of hydrogen-bond acceptors (Lipinski definition) is 6. The zero-order valence-electron chi connectivity index (χ0n) is 19.7. The summed E-state index contributed by atoms with van der Waals surface area (Å²) in [4.78, 5) is 22.0. The van der Waals surface area contributed by atoms with E-state index in [1.807, 2.05) is 41.5 Å². The predicted octanol–water partition coefficient (Wildman–Crippen LogP) is 4.14. The number of carboxylic acid groups (broad SMARTS) is 2. The first-order valence-electron chi connectivity index (χ1n) is 11.1. The minimum Gasteiger partial charge on any atom is -0.478 e. The van der Waals surface area contributed by atoms with Gasteiger partial charge in [0.1, 0.15) is 0 Å². The summed E-state index contributed by atoms with van der Waals surface area (Å²) in [6.45, 7) is 13.5. The molecule has 0 fully saturated rings. The van der Waals surface area contributed by atoms with Gasteiger partial charge in [-0.15, -0.1) is 0 Å². The third kappa shape index (κ3) is 11.8. The molecule has 178 valence electrons. The molecule has 0 rings (SSSR count). The Kier molecular flexibility index (Phi) is 19.1. The van der Waals surface area contributed by atoms with Crippen molar-refractivity contribution >= 4 is 20.7 Å². The highest BCUT2D eigenvalue weighted by atomic mass is 28.4. The third-order valence-corrected chi connectivity index (χ3v) is 7.76. The molecule has 0 spiro atoms. The van der Waals surface area contributed by atoms with Gasteiger partial charge in [-0.05, 0) is 52.9 Å². The molecule has 4 N–H and O–H groups in total. The number of carbonyl (C=O) groups is 2. The van der Waals surface area contributed by atoms with E-state index in [2.05, 4.69) is 0 Å². The van der Waals surface area contributed by atoms with E-state index in [-0.39, 0.29) is 16.8 Å². The predicted molar refractivity (Wildman–Crippen MR) is 120 cm³/mol. The van der Waals surface area contributed by atoms with Gasteiger partial charge in [0, 0.05) is 31.0 Å². The molecule has 30 heavy (non-hydrogen) atoms. The number of unbranched alkanes of at least 4 members (excludes halogenated alkanes) is 2. The van der Waals surface area contributed by atoms with Crippen molar-refractivity contribution in [3.63, 3.8) is 0 Å². The van der Waals surface area contributed by atoms with Crippen LogP contribution in [0.3, 0.4) is 0 Å². The van der Waals surface area contributed by atoms with Gasteiger partial charge < -0.3 is 29.2 Å². The van der Waals surface area contributed by atoms with Gasteiger partial charge in [0.2, 0.25) is 0 Å². The van der Waals surface area contributed by atoms with Crippen LogP contribution >= 0.6 is 0 Å². The largest absolute Gasteiger partial charge is 0.518 e. The third-order valence-electron chi connectivity index (χ3n) is 4.37. The number of aliphatic carboxylic acids is 2. The molecule has 1 unspecified atom stereocenters. The Balaban J connectivity index is 0. The van der Waals surface area contributed by atoms with Gasteiger partial charge in [0.25, 0.3) is 0 Å². The molecule has 0 bridgehead atoms. The van der Waals surface area contributed by atoms with Gasteiger partial charge in [0.15, 0.2) is 0 Å². The lowest BCUT2D eigenvalue weighted by Gasteiger charge is -2.32. The summed E-state index contributed by atoms with van der Waals surface area (Å²) in [5, 5.41) is 18.0. The fourth-order valence-electron chi connectivity index (χ4n) is 2.78. The number of hydrogen-bond donors (Lipinski definition) is 3. The Bertz CT molecular complexity index is 467. The van der Waals surface area contributed by atoms with E-state index < -0.39 is 20.7 Å². The van der Waals surface area contributed by atoms with Gasteiger partial charge in [-0.3, -0.25) is 0 Å². The van der Waals surface area contributed by atoms with Crippen LogP contribution in [0.4, 0.5) is 0 Å². The zero-order chi connectivity index (χ0) is 23.6. The van der Waals surface area contributed by atoms with Crippen LogP contribution in [0.25, 0.3) is 0 Å². The fourth-order valence-corrected chi connectivity index (χ4v) is 5.38. The minimum absolute atomic E-state index is 0.0720. The van der Waals surface area contributed by atoms with Crippen LogP contribution in [0, 0.1) is 0 Å². The van der Waals surface area contributed by atoms with Crippen LogP contribution in [-0.2, 0) is 22.9 Å². The molecule has 0 aliphatic carbocycles. The van der Waals surface area contributed by atoms with E-state index in [0.717, 1.165) is 19.3 Å². The lowest BCUT2D eigenvalue weighted by Crippen LogP contribution is -2.60. The molecule has 0 aromatic carbocycles. The Morgan fingerprint density at radius 2 is 1.10 bits per heavy atom. The topological polar surface area (TPSA) is 128 Å². The summed E-state index contributed by atoms with van der Waals surface area (Å²) in [5.74, 6) is -2.19. The summed E-state index contributed by atoms with van der Waals surface area (Å²) in [5.41, 5.74) is 6.02. The first kappa shape index (κ1) is 30.9. The summed E-state index contributed by atoms with van der Waals surface area (Å²) in [7, 11) is -2.62. The average Bonchev–Trinajstić information content (AvgIpc) is 2.70. The summed E-state index contributed by atoms with van der Waals surface area (Å²) < 4.78 is 16.9. The standard InChI is InChI=1S/C12H20O4.C9H23NO3Si/c1-3-5-7-9(11(13)14)10(12(15)16)8-6-4-2;1-5-9(10)14(11-6-2,12-7-3)13-8-4/h3-8H2,1-2H3,(H,13,14)(H,15,16);9H,5-8,10H2,1-4H3. The fraction of sp³-hybridized carbons (Fsp3) is 0.810. The average molecular weight is 450 g/mol. The van der Waals surface area contributed by atoms with E-state index in [1.54, 1.807) is 0 Å². The van der Waals surface area contributed by atoms with Crippen LogP contribution in [0.2, 0.25) is 0 Å². The van der Waals surface area contributed by atoms with E-state index in [0.29, 0.717) is 45.5 Å². The summed E-state index contributed by atoms with van der Waals surface area (Å²) in [6, 6.07) is 0.